The minimum absolute atomic E-state index is 0.705. The molecular formula is C20H29N7. The highest BCUT2D eigenvalue weighted by molar-refractivity contribution is 5.58. The summed E-state index contributed by atoms with van der Waals surface area (Å²) in [5.74, 6) is 0.750. The second kappa shape index (κ2) is 8.05. The molecule has 27 heavy (non-hydrogen) atoms. The van der Waals surface area contributed by atoms with Crippen molar-refractivity contribution in [2.45, 2.75) is 47.1 Å². The molecule has 7 nitrogen and oxygen atoms in total. The Kier molecular flexibility index (Phi) is 5.76. The van der Waals surface area contributed by atoms with Gasteiger partial charge in [0, 0.05) is 51.0 Å². The predicted octanol–water partition coefficient (Wildman–Crippen LogP) is 2.15. The molecule has 3 rings (SSSR count). The Labute approximate surface area is 161 Å². The Balaban J connectivity index is 1.74. The lowest BCUT2D eigenvalue weighted by Crippen LogP contribution is -2.46. The molecule has 0 aliphatic carbocycles. The van der Waals surface area contributed by atoms with Crippen LogP contribution in [0.25, 0.3) is 0 Å². The van der Waals surface area contributed by atoms with E-state index in [1.807, 2.05) is 11.7 Å². The predicted molar refractivity (Wildman–Crippen MR) is 106 cm³/mol. The Morgan fingerprint density at radius 1 is 1.00 bits per heavy atom. The average molecular weight is 368 g/mol. The van der Waals surface area contributed by atoms with Crippen LogP contribution in [0.3, 0.4) is 0 Å². The van der Waals surface area contributed by atoms with Crippen LogP contribution in [-0.4, -0.2) is 51.1 Å². The van der Waals surface area contributed by atoms with Gasteiger partial charge >= 0.3 is 0 Å². The second-order valence-electron chi connectivity index (χ2n) is 7.18. The summed E-state index contributed by atoms with van der Waals surface area (Å²) in [6.45, 7) is 12.9. The van der Waals surface area contributed by atoms with Gasteiger partial charge in [-0.15, -0.1) is 5.10 Å². The Morgan fingerprint density at radius 2 is 1.70 bits per heavy atom. The number of aryl methyl sites for hydroxylation is 3. The highest BCUT2D eigenvalue weighted by Crippen LogP contribution is 2.25. The van der Waals surface area contributed by atoms with E-state index in [4.69, 9.17) is 0 Å². The normalized spacial score (nSPS) is 15.2. The van der Waals surface area contributed by atoms with Crippen molar-refractivity contribution < 1.29 is 0 Å². The first-order valence-corrected chi connectivity index (χ1v) is 9.74. The second-order valence-corrected chi connectivity index (χ2v) is 7.18. The number of piperazine rings is 1. The molecule has 0 spiro atoms. The van der Waals surface area contributed by atoms with Crippen molar-refractivity contribution in [3.8, 4) is 6.07 Å². The van der Waals surface area contributed by atoms with Gasteiger partial charge in [0.25, 0.3) is 0 Å². The number of rotatable bonds is 5. The third-order valence-electron chi connectivity index (χ3n) is 5.65. The summed E-state index contributed by atoms with van der Waals surface area (Å²) in [5.41, 5.74) is 6.36. The molecule has 1 aliphatic heterocycles. The van der Waals surface area contributed by atoms with Gasteiger partial charge in [0.2, 0.25) is 0 Å². The molecule has 1 saturated heterocycles. The summed E-state index contributed by atoms with van der Waals surface area (Å²) in [6.07, 6.45) is 1.62. The summed E-state index contributed by atoms with van der Waals surface area (Å²) in [6, 6.07) is 2.39. The first-order valence-electron chi connectivity index (χ1n) is 9.74. The number of nitriles is 1. The minimum Gasteiger partial charge on any atom is -0.351 e. The van der Waals surface area contributed by atoms with Gasteiger partial charge < -0.3 is 4.90 Å². The highest BCUT2D eigenvalue weighted by atomic mass is 15.3. The van der Waals surface area contributed by atoms with Crippen LogP contribution in [0.4, 0.5) is 5.82 Å². The smallest absolute Gasteiger partial charge is 0.169 e. The van der Waals surface area contributed by atoms with Gasteiger partial charge in [-0.05, 0) is 32.3 Å². The summed E-state index contributed by atoms with van der Waals surface area (Å²) >= 11 is 0. The van der Waals surface area contributed by atoms with Crippen LogP contribution in [0, 0.1) is 25.2 Å². The molecule has 0 bridgehead atoms. The fourth-order valence-corrected chi connectivity index (χ4v) is 3.89. The van der Waals surface area contributed by atoms with E-state index in [0.717, 1.165) is 68.3 Å². The SMILES string of the molecule is CCc1nnc(N2CCN(Cc3c(C)nn(C)c3C)CC2)c(C#N)c1CC. The van der Waals surface area contributed by atoms with Crippen molar-refractivity contribution in [3.63, 3.8) is 0 Å². The van der Waals surface area contributed by atoms with Crippen LogP contribution >= 0.6 is 0 Å². The fraction of sp³-hybridized carbons (Fsp3) is 0.600. The number of hydrogen-bond acceptors (Lipinski definition) is 6. The van der Waals surface area contributed by atoms with Gasteiger partial charge in [-0.2, -0.15) is 15.5 Å². The third kappa shape index (κ3) is 3.67. The van der Waals surface area contributed by atoms with E-state index in [1.54, 1.807) is 0 Å². The molecular weight excluding hydrogens is 338 g/mol. The van der Waals surface area contributed by atoms with Gasteiger partial charge in [0.15, 0.2) is 5.82 Å². The van der Waals surface area contributed by atoms with Gasteiger partial charge in [0.05, 0.1) is 11.4 Å². The van der Waals surface area contributed by atoms with E-state index < -0.39 is 0 Å². The van der Waals surface area contributed by atoms with Crippen molar-refractivity contribution in [2.24, 2.45) is 7.05 Å². The van der Waals surface area contributed by atoms with Crippen molar-refractivity contribution in [3.05, 3.63) is 33.8 Å². The van der Waals surface area contributed by atoms with Crippen LogP contribution in [0.1, 0.15) is 47.6 Å². The molecule has 0 amide bonds. The molecule has 2 aromatic heterocycles. The van der Waals surface area contributed by atoms with Crippen LogP contribution in [0.15, 0.2) is 0 Å². The number of aromatic nitrogens is 4. The van der Waals surface area contributed by atoms with Crippen LogP contribution in [0.2, 0.25) is 0 Å². The summed E-state index contributed by atoms with van der Waals surface area (Å²) in [4.78, 5) is 4.66. The van der Waals surface area contributed by atoms with E-state index >= 15 is 0 Å². The summed E-state index contributed by atoms with van der Waals surface area (Å²) < 4.78 is 1.96. The number of anilines is 1. The van der Waals surface area contributed by atoms with Crippen LogP contribution in [0.5, 0.6) is 0 Å². The maximum absolute atomic E-state index is 9.73. The van der Waals surface area contributed by atoms with Gasteiger partial charge in [-0.1, -0.05) is 13.8 Å². The number of nitrogens with zero attached hydrogens (tertiary/aromatic N) is 7. The van der Waals surface area contributed by atoms with Crippen molar-refractivity contribution in [1.82, 2.24) is 24.9 Å². The molecule has 0 atom stereocenters. The first kappa shape index (κ1) is 19.3. The largest absolute Gasteiger partial charge is 0.351 e. The van der Waals surface area contributed by atoms with E-state index in [1.165, 1.54) is 11.3 Å². The van der Waals surface area contributed by atoms with Crippen LogP contribution in [-0.2, 0) is 26.4 Å². The lowest BCUT2D eigenvalue weighted by Gasteiger charge is -2.35. The maximum Gasteiger partial charge on any atom is 0.169 e. The molecule has 0 radical (unpaired) electrons. The quantitative estimate of drug-likeness (QED) is 0.806. The van der Waals surface area contributed by atoms with Crippen molar-refractivity contribution in [2.75, 3.05) is 31.1 Å². The van der Waals surface area contributed by atoms with E-state index in [0.29, 0.717) is 5.56 Å². The van der Waals surface area contributed by atoms with E-state index in [2.05, 4.69) is 58.9 Å². The standard InChI is InChI=1S/C20H29N7/c1-6-16-17(12-21)20(23-22-19(16)7-2)27-10-8-26(9-11-27)13-18-14(3)24-25(5)15(18)4/h6-11,13H2,1-5H3. The van der Waals surface area contributed by atoms with Crippen molar-refractivity contribution >= 4 is 5.82 Å². The van der Waals surface area contributed by atoms with E-state index in [-0.39, 0.29) is 0 Å². The summed E-state index contributed by atoms with van der Waals surface area (Å²) in [7, 11) is 2.00. The number of hydrogen-bond donors (Lipinski definition) is 0. The Morgan fingerprint density at radius 3 is 2.22 bits per heavy atom. The zero-order chi connectivity index (χ0) is 19.6. The molecule has 0 N–H and O–H groups in total. The van der Waals surface area contributed by atoms with Gasteiger partial charge in [-0.25, -0.2) is 0 Å². The van der Waals surface area contributed by atoms with Crippen molar-refractivity contribution in [1.29, 1.82) is 5.26 Å². The molecule has 0 unspecified atom stereocenters. The third-order valence-corrected chi connectivity index (χ3v) is 5.65. The molecule has 0 saturated carbocycles. The molecule has 1 aliphatic rings. The molecule has 144 valence electrons. The average Bonchev–Trinajstić information content (AvgIpc) is 2.93. The molecule has 2 aromatic rings. The monoisotopic (exact) mass is 367 g/mol. The minimum atomic E-state index is 0.705. The fourth-order valence-electron chi connectivity index (χ4n) is 3.89. The Hall–Kier alpha value is -2.46. The van der Waals surface area contributed by atoms with Gasteiger partial charge in [-0.3, -0.25) is 9.58 Å². The zero-order valence-corrected chi connectivity index (χ0v) is 17.1. The molecule has 1 fully saturated rings. The topological polar surface area (TPSA) is 73.9 Å². The summed E-state index contributed by atoms with van der Waals surface area (Å²) in [5, 5.41) is 23.1. The van der Waals surface area contributed by atoms with Crippen LogP contribution < -0.4 is 4.90 Å². The highest BCUT2D eigenvalue weighted by Gasteiger charge is 2.24. The maximum atomic E-state index is 9.73. The lowest BCUT2D eigenvalue weighted by atomic mass is 10.0. The van der Waals surface area contributed by atoms with E-state index in [9.17, 15) is 5.26 Å². The zero-order valence-electron chi connectivity index (χ0n) is 17.1. The molecule has 3 heterocycles. The lowest BCUT2D eigenvalue weighted by molar-refractivity contribution is 0.248. The first-order chi connectivity index (χ1) is 13.0. The molecule has 0 aromatic carbocycles. The Bertz CT molecular complexity index is 854. The van der Waals surface area contributed by atoms with Gasteiger partial charge in [0.1, 0.15) is 11.6 Å². The molecule has 7 heteroatoms.